The zero-order chi connectivity index (χ0) is 20.8. The van der Waals surface area contributed by atoms with Gasteiger partial charge in [0.25, 0.3) is 5.91 Å². The Balaban J connectivity index is 1.41. The number of amides is 1. The van der Waals surface area contributed by atoms with Crippen molar-refractivity contribution < 1.29 is 18.7 Å². The molecule has 0 aromatic heterocycles. The normalized spacial score (nSPS) is 14.0. The fraction of sp³-hybridized carbons (Fsp3) is 0.364. The minimum Gasteiger partial charge on any atom is -0.455 e. The number of aryl methyl sites for hydroxylation is 2. The Hall–Kier alpha value is -2.54. The number of halogens is 1. The molecule has 1 amide bonds. The molecule has 2 aromatic rings. The van der Waals surface area contributed by atoms with Gasteiger partial charge in [0, 0.05) is 31.1 Å². The van der Waals surface area contributed by atoms with E-state index in [0.717, 1.165) is 16.0 Å². The molecule has 3 rings (SSSR count). The summed E-state index contributed by atoms with van der Waals surface area (Å²) in [5.74, 6) is -0.724. The van der Waals surface area contributed by atoms with E-state index in [1.54, 1.807) is 23.1 Å². The molecule has 0 N–H and O–H groups in total. The fourth-order valence-corrected chi connectivity index (χ4v) is 4.10. The average Bonchev–Trinajstić information content (AvgIpc) is 2.73. The zero-order valence-electron chi connectivity index (χ0n) is 16.7. The highest BCUT2D eigenvalue weighted by Gasteiger charge is 2.23. The third-order valence-corrected chi connectivity index (χ3v) is 6.00. The predicted octanol–water partition coefficient (Wildman–Crippen LogP) is 3.43. The van der Waals surface area contributed by atoms with Crippen LogP contribution in [-0.2, 0) is 14.3 Å². The molecule has 1 saturated heterocycles. The van der Waals surface area contributed by atoms with Gasteiger partial charge in [-0.1, -0.05) is 29.8 Å². The van der Waals surface area contributed by atoms with Gasteiger partial charge in [-0.25, -0.2) is 4.39 Å². The number of piperazine rings is 1. The first kappa shape index (κ1) is 21.2. The molecule has 1 aliphatic rings. The summed E-state index contributed by atoms with van der Waals surface area (Å²) in [4.78, 5) is 29.0. The van der Waals surface area contributed by atoms with Gasteiger partial charge in [0.15, 0.2) is 6.61 Å². The number of benzene rings is 2. The van der Waals surface area contributed by atoms with Crippen LogP contribution in [0.5, 0.6) is 0 Å². The Morgan fingerprint density at radius 3 is 2.52 bits per heavy atom. The van der Waals surface area contributed by atoms with Crippen LogP contribution in [0.3, 0.4) is 0 Å². The summed E-state index contributed by atoms with van der Waals surface area (Å²) in [7, 11) is 0. The highest BCUT2D eigenvalue weighted by molar-refractivity contribution is 8.00. The van der Waals surface area contributed by atoms with Gasteiger partial charge in [-0.05, 0) is 37.6 Å². The highest BCUT2D eigenvalue weighted by atomic mass is 32.2. The van der Waals surface area contributed by atoms with Gasteiger partial charge in [-0.2, -0.15) is 0 Å². The maximum Gasteiger partial charge on any atom is 0.316 e. The van der Waals surface area contributed by atoms with Crippen LogP contribution in [0.1, 0.15) is 11.1 Å². The molecule has 154 valence electrons. The Morgan fingerprint density at radius 2 is 1.79 bits per heavy atom. The first-order valence-electron chi connectivity index (χ1n) is 9.57. The molecule has 0 spiro atoms. The van der Waals surface area contributed by atoms with Crippen LogP contribution in [-0.4, -0.2) is 55.3 Å². The van der Waals surface area contributed by atoms with Crippen LogP contribution in [0.25, 0.3) is 0 Å². The maximum atomic E-state index is 13.9. The van der Waals surface area contributed by atoms with E-state index in [2.05, 4.69) is 0 Å². The summed E-state index contributed by atoms with van der Waals surface area (Å²) in [6, 6.07) is 12.7. The molecule has 29 heavy (non-hydrogen) atoms. The number of hydrogen-bond donors (Lipinski definition) is 0. The number of carbonyl (C=O) groups excluding carboxylic acids is 2. The van der Waals surface area contributed by atoms with Gasteiger partial charge in [-0.15, -0.1) is 11.8 Å². The van der Waals surface area contributed by atoms with Gasteiger partial charge < -0.3 is 14.5 Å². The molecule has 2 aromatic carbocycles. The number of ether oxygens (including phenoxy) is 1. The molecule has 0 aliphatic carbocycles. The minimum absolute atomic E-state index is 0.165. The lowest BCUT2D eigenvalue weighted by Gasteiger charge is -2.36. The van der Waals surface area contributed by atoms with Crippen LogP contribution < -0.4 is 4.90 Å². The zero-order valence-corrected chi connectivity index (χ0v) is 17.5. The van der Waals surface area contributed by atoms with Crippen LogP contribution in [0.4, 0.5) is 10.1 Å². The second-order valence-electron chi connectivity index (χ2n) is 7.04. The second-order valence-corrected chi connectivity index (χ2v) is 8.05. The Kier molecular flexibility index (Phi) is 7.14. The number of anilines is 1. The van der Waals surface area contributed by atoms with Crippen molar-refractivity contribution in [3.8, 4) is 0 Å². The molecule has 0 radical (unpaired) electrons. The second kappa shape index (κ2) is 9.78. The summed E-state index contributed by atoms with van der Waals surface area (Å²) in [5, 5.41) is 0. The lowest BCUT2D eigenvalue weighted by molar-refractivity contribution is -0.150. The lowest BCUT2D eigenvalue weighted by atomic mass is 10.2. The third kappa shape index (κ3) is 5.73. The molecular formula is C22H25FN2O3S. The van der Waals surface area contributed by atoms with E-state index in [4.69, 9.17) is 4.74 Å². The largest absolute Gasteiger partial charge is 0.455 e. The Labute approximate surface area is 174 Å². The number of para-hydroxylation sites is 1. The molecule has 1 aliphatic heterocycles. The van der Waals surface area contributed by atoms with Crippen LogP contribution in [0.2, 0.25) is 0 Å². The van der Waals surface area contributed by atoms with Gasteiger partial charge in [-0.3, -0.25) is 9.59 Å². The number of rotatable bonds is 6. The van der Waals surface area contributed by atoms with Crippen molar-refractivity contribution in [2.45, 2.75) is 18.7 Å². The van der Waals surface area contributed by atoms with Crippen LogP contribution in [0, 0.1) is 19.7 Å². The van der Waals surface area contributed by atoms with Crippen molar-refractivity contribution in [3.63, 3.8) is 0 Å². The molecule has 1 fully saturated rings. The number of esters is 1. The van der Waals surface area contributed by atoms with E-state index in [0.29, 0.717) is 31.9 Å². The summed E-state index contributed by atoms with van der Waals surface area (Å²) >= 11 is 1.41. The van der Waals surface area contributed by atoms with Crippen molar-refractivity contribution in [1.29, 1.82) is 0 Å². The van der Waals surface area contributed by atoms with Crippen molar-refractivity contribution in [3.05, 3.63) is 59.4 Å². The fourth-order valence-electron chi connectivity index (χ4n) is 3.18. The highest BCUT2D eigenvalue weighted by Crippen LogP contribution is 2.23. The maximum absolute atomic E-state index is 13.9. The van der Waals surface area contributed by atoms with Gasteiger partial charge >= 0.3 is 5.97 Å². The molecule has 0 saturated carbocycles. The SMILES string of the molecule is Cc1ccc(C)c(SCC(=O)OCC(=O)N2CCN(c3ccccc3F)CC2)c1. The summed E-state index contributed by atoms with van der Waals surface area (Å²) < 4.78 is 19.1. The van der Waals surface area contributed by atoms with E-state index in [9.17, 15) is 14.0 Å². The smallest absolute Gasteiger partial charge is 0.316 e. The predicted molar refractivity (Wildman–Crippen MR) is 113 cm³/mol. The number of thioether (sulfide) groups is 1. The van der Waals surface area contributed by atoms with Crippen LogP contribution >= 0.6 is 11.8 Å². The van der Waals surface area contributed by atoms with Gasteiger partial charge in [0.1, 0.15) is 5.82 Å². The van der Waals surface area contributed by atoms with E-state index < -0.39 is 5.97 Å². The number of carbonyl (C=O) groups is 2. The summed E-state index contributed by atoms with van der Waals surface area (Å²) in [6.07, 6.45) is 0. The first-order valence-corrected chi connectivity index (χ1v) is 10.6. The van der Waals surface area contributed by atoms with E-state index in [1.807, 2.05) is 36.9 Å². The topological polar surface area (TPSA) is 49.9 Å². The lowest BCUT2D eigenvalue weighted by Crippen LogP contribution is -2.50. The molecule has 0 unspecified atom stereocenters. The quantitative estimate of drug-likeness (QED) is 0.533. The Bertz CT molecular complexity index is 882. The van der Waals surface area contributed by atoms with E-state index in [1.165, 1.54) is 17.8 Å². The summed E-state index contributed by atoms with van der Waals surface area (Å²) in [6.45, 7) is 5.78. The first-order chi connectivity index (χ1) is 13.9. The molecule has 5 nitrogen and oxygen atoms in total. The molecule has 0 atom stereocenters. The number of nitrogens with zero attached hydrogens (tertiary/aromatic N) is 2. The van der Waals surface area contributed by atoms with Crippen LogP contribution in [0.15, 0.2) is 47.4 Å². The minimum atomic E-state index is -0.408. The van der Waals surface area contributed by atoms with Crippen molar-refractivity contribution in [2.75, 3.05) is 43.4 Å². The van der Waals surface area contributed by atoms with Gasteiger partial charge in [0.05, 0.1) is 11.4 Å². The van der Waals surface area contributed by atoms with Crippen molar-refractivity contribution in [1.82, 2.24) is 4.90 Å². The third-order valence-electron chi connectivity index (χ3n) is 4.87. The molecular weight excluding hydrogens is 391 g/mol. The molecule has 1 heterocycles. The Morgan fingerprint density at radius 1 is 1.07 bits per heavy atom. The standard InChI is InChI=1S/C22H25FN2O3S/c1-16-7-8-17(2)20(13-16)29-15-22(27)28-14-21(26)25-11-9-24(10-12-25)19-6-4-3-5-18(19)23/h3-8,13H,9-12,14-15H2,1-2H3. The van der Waals surface area contributed by atoms with E-state index in [-0.39, 0.29) is 24.1 Å². The molecule has 0 bridgehead atoms. The van der Waals surface area contributed by atoms with E-state index >= 15 is 0 Å². The average molecular weight is 417 g/mol. The number of hydrogen-bond acceptors (Lipinski definition) is 5. The van der Waals surface area contributed by atoms with Gasteiger partial charge in [0.2, 0.25) is 0 Å². The van der Waals surface area contributed by atoms with Crippen molar-refractivity contribution in [2.24, 2.45) is 0 Å². The molecule has 7 heteroatoms. The monoisotopic (exact) mass is 416 g/mol. The summed E-state index contributed by atoms with van der Waals surface area (Å²) in [5.41, 5.74) is 2.79. The van der Waals surface area contributed by atoms with Crippen molar-refractivity contribution >= 4 is 29.3 Å².